The zero-order valence-electron chi connectivity index (χ0n) is 13.8. The monoisotopic (exact) mass is 332 g/mol. The van der Waals surface area contributed by atoms with Gasteiger partial charge in [0.15, 0.2) is 0 Å². The minimum Gasteiger partial charge on any atom is -0.478 e. The summed E-state index contributed by atoms with van der Waals surface area (Å²) in [5, 5.41) is 16.3. The van der Waals surface area contributed by atoms with Gasteiger partial charge in [-0.05, 0) is 49.2 Å². The molecule has 4 aromatic rings. The Kier molecular flexibility index (Phi) is 3.39. The summed E-state index contributed by atoms with van der Waals surface area (Å²) in [4.78, 5) is 18.9. The number of aromatic carboxylic acids is 1. The molecule has 0 aliphatic carbocycles. The molecular formula is C19H16N4O2. The van der Waals surface area contributed by atoms with Crippen LogP contribution in [0, 0.1) is 13.8 Å². The first-order valence-electron chi connectivity index (χ1n) is 7.87. The number of hydrogen-bond donors (Lipinski definition) is 3. The number of fused-ring (bicyclic) bond motifs is 1. The molecule has 4 rings (SSSR count). The van der Waals surface area contributed by atoms with Crippen LogP contribution in [0.1, 0.15) is 21.5 Å². The number of aromatic amines is 2. The number of carboxylic acids is 1. The van der Waals surface area contributed by atoms with E-state index in [1.54, 1.807) is 24.4 Å². The zero-order chi connectivity index (χ0) is 17.6. The molecule has 0 bridgehead atoms. The molecule has 0 aliphatic heterocycles. The van der Waals surface area contributed by atoms with E-state index in [0.717, 1.165) is 16.8 Å². The van der Waals surface area contributed by atoms with Crippen LogP contribution in [0.15, 0.2) is 42.6 Å². The molecule has 0 fully saturated rings. The molecule has 0 saturated carbocycles. The summed E-state index contributed by atoms with van der Waals surface area (Å²) < 4.78 is 0. The lowest BCUT2D eigenvalue weighted by atomic mass is 10.0. The topological polar surface area (TPSA) is 94.7 Å². The molecule has 6 heteroatoms. The number of aromatic nitrogens is 4. The molecule has 124 valence electrons. The first-order valence-corrected chi connectivity index (χ1v) is 7.87. The van der Waals surface area contributed by atoms with E-state index >= 15 is 0 Å². The maximum atomic E-state index is 11.1. The van der Waals surface area contributed by atoms with Crippen LogP contribution >= 0.6 is 0 Å². The normalized spacial score (nSPS) is 11.1. The minimum atomic E-state index is -0.961. The van der Waals surface area contributed by atoms with Gasteiger partial charge in [-0.2, -0.15) is 5.10 Å². The van der Waals surface area contributed by atoms with E-state index in [2.05, 4.69) is 46.1 Å². The van der Waals surface area contributed by atoms with Crippen molar-refractivity contribution in [2.75, 3.05) is 0 Å². The van der Waals surface area contributed by atoms with E-state index < -0.39 is 5.97 Å². The summed E-state index contributed by atoms with van der Waals surface area (Å²) in [7, 11) is 0. The average Bonchev–Trinajstić information content (AvgIpc) is 3.22. The second-order valence-corrected chi connectivity index (χ2v) is 6.08. The van der Waals surface area contributed by atoms with Crippen LogP contribution in [0.3, 0.4) is 0 Å². The van der Waals surface area contributed by atoms with Crippen LogP contribution in [-0.4, -0.2) is 31.2 Å². The molecule has 0 radical (unpaired) electrons. The van der Waals surface area contributed by atoms with Crippen molar-refractivity contribution >= 4 is 17.0 Å². The van der Waals surface area contributed by atoms with E-state index in [0.29, 0.717) is 16.9 Å². The molecule has 0 aliphatic rings. The number of carbonyl (C=O) groups is 1. The van der Waals surface area contributed by atoms with Crippen molar-refractivity contribution in [1.29, 1.82) is 0 Å². The fourth-order valence-electron chi connectivity index (χ4n) is 2.85. The highest BCUT2D eigenvalue weighted by Crippen LogP contribution is 2.30. The molecule has 0 amide bonds. The van der Waals surface area contributed by atoms with Crippen molar-refractivity contribution in [3.8, 4) is 22.6 Å². The predicted molar refractivity (Wildman–Crippen MR) is 95.5 cm³/mol. The number of rotatable bonds is 3. The Morgan fingerprint density at radius 3 is 2.68 bits per heavy atom. The van der Waals surface area contributed by atoms with E-state index in [-0.39, 0.29) is 5.56 Å². The van der Waals surface area contributed by atoms with E-state index in [1.807, 2.05) is 6.07 Å². The second-order valence-electron chi connectivity index (χ2n) is 6.08. The zero-order valence-corrected chi connectivity index (χ0v) is 13.8. The Labute approximate surface area is 143 Å². The lowest BCUT2D eigenvalue weighted by molar-refractivity contribution is 0.0697. The Morgan fingerprint density at radius 1 is 1.08 bits per heavy atom. The van der Waals surface area contributed by atoms with E-state index in [4.69, 9.17) is 5.11 Å². The summed E-state index contributed by atoms with van der Waals surface area (Å²) in [6, 6.07) is 11.1. The van der Waals surface area contributed by atoms with Gasteiger partial charge in [0, 0.05) is 5.56 Å². The van der Waals surface area contributed by atoms with Crippen molar-refractivity contribution in [3.05, 3.63) is 59.3 Å². The van der Waals surface area contributed by atoms with Gasteiger partial charge in [-0.1, -0.05) is 12.1 Å². The van der Waals surface area contributed by atoms with Gasteiger partial charge in [0.05, 0.1) is 34.1 Å². The predicted octanol–water partition coefficient (Wildman–Crippen LogP) is 3.94. The van der Waals surface area contributed by atoms with Crippen molar-refractivity contribution in [1.82, 2.24) is 20.2 Å². The second kappa shape index (κ2) is 5.59. The highest BCUT2D eigenvalue weighted by Gasteiger charge is 2.15. The number of nitrogens with one attached hydrogen (secondary N) is 2. The van der Waals surface area contributed by atoms with Gasteiger partial charge < -0.3 is 10.1 Å². The van der Waals surface area contributed by atoms with Crippen LogP contribution in [0.25, 0.3) is 33.7 Å². The number of nitrogens with zero attached hydrogens (tertiary/aromatic N) is 2. The van der Waals surface area contributed by atoms with Gasteiger partial charge in [0.2, 0.25) is 0 Å². The molecule has 3 N–H and O–H groups in total. The van der Waals surface area contributed by atoms with Crippen molar-refractivity contribution < 1.29 is 9.90 Å². The third-order valence-corrected chi connectivity index (χ3v) is 4.42. The highest BCUT2D eigenvalue weighted by molar-refractivity contribution is 5.93. The van der Waals surface area contributed by atoms with Gasteiger partial charge in [-0.25, -0.2) is 9.78 Å². The van der Waals surface area contributed by atoms with Crippen LogP contribution in [0.5, 0.6) is 0 Å². The Hall–Kier alpha value is -3.41. The quantitative estimate of drug-likeness (QED) is 0.529. The first kappa shape index (κ1) is 15.1. The molecule has 2 heterocycles. The largest absolute Gasteiger partial charge is 0.478 e. The lowest BCUT2D eigenvalue weighted by Gasteiger charge is -2.05. The Bertz CT molecular complexity index is 1110. The average molecular weight is 332 g/mol. The van der Waals surface area contributed by atoms with Gasteiger partial charge in [0.1, 0.15) is 5.82 Å². The first-order chi connectivity index (χ1) is 12.0. The number of benzene rings is 2. The summed E-state index contributed by atoms with van der Waals surface area (Å²) in [5.74, 6) is -0.309. The van der Waals surface area contributed by atoms with E-state index in [1.165, 1.54) is 11.1 Å². The molecule has 0 saturated heterocycles. The smallest absolute Gasteiger partial charge is 0.335 e. The minimum absolute atomic E-state index is 0.226. The summed E-state index contributed by atoms with van der Waals surface area (Å²) in [6.07, 6.45) is 1.72. The van der Waals surface area contributed by atoms with Gasteiger partial charge in [-0.3, -0.25) is 5.10 Å². The summed E-state index contributed by atoms with van der Waals surface area (Å²) >= 11 is 0. The fraction of sp³-hybridized carbons (Fsp3) is 0.105. The lowest BCUT2D eigenvalue weighted by Crippen LogP contribution is -1.94. The third-order valence-electron chi connectivity index (χ3n) is 4.42. The highest BCUT2D eigenvalue weighted by atomic mass is 16.4. The SMILES string of the molecule is Cc1ccc(-c2[nH]ncc2-c2nc3ccc(C(=O)O)cc3[nH]2)cc1C. The molecule has 0 atom stereocenters. The number of hydrogen-bond acceptors (Lipinski definition) is 3. The molecule has 6 nitrogen and oxygen atoms in total. The molecular weight excluding hydrogens is 316 g/mol. The van der Waals surface area contributed by atoms with Crippen LogP contribution < -0.4 is 0 Å². The molecule has 0 spiro atoms. The fourth-order valence-corrected chi connectivity index (χ4v) is 2.85. The summed E-state index contributed by atoms with van der Waals surface area (Å²) in [6.45, 7) is 4.15. The van der Waals surface area contributed by atoms with E-state index in [9.17, 15) is 4.79 Å². The molecule has 0 unspecified atom stereocenters. The Balaban J connectivity index is 1.83. The number of H-pyrrole nitrogens is 2. The number of imidazole rings is 1. The van der Waals surface area contributed by atoms with Gasteiger partial charge in [0.25, 0.3) is 0 Å². The maximum Gasteiger partial charge on any atom is 0.335 e. The van der Waals surface area contributed by atoms with Crippen molar-refractivity contribution in [2.24, 2.45) is 0 Å². The molecule has 2 aromatic heterocycles. The molecule has 2 aromatic carbocycles. The third kappa shape index (κ3) is 2.57. The van der Waals surface area contributed by atoms with Crippen molar-refractivity contribution in [2.45, 2.75) is 13.8 Å². The summed E-state index contributed by atoms with van der Waals surface area (Å²) in [5.41, 5.74) is 6.81. The number of aryl methyl sites for hydroxylation is 2. The van der Waals surface area contributed by atoms with Crippen LogP contribution in [0.4, 0.5) is 0 Å². The van der Waals surface area contributed by atoms with Gasteiger partial charge in [-0.15, -0.1) is 0 Å². The Morgan fingerprint density at radius 2 is 1.92 bits per heavy atom. The van der Waals surface area contributed by atoms with Gasteiger partial charge >= 0.3 is 5.97 Å². The van der Waals surface area contributed by atoms with Crippen molar-refractivity contribution in [3.63, 3.8) is 0 Å². The standard InChI is InChI=1S/C19H16N4O2/c1-10-3-4-12(7-11(10)2)17-14(9-20-23-17)18-21-15-6-5-13(19(24)25)8-16(15)22-18/h3-9H,1-2H3,(H,20,23)(H,21,22)(H,24,25). The van der Waals surface area contributed by atoms with Crippen LogP contribution in [0.2, 0.25) is 0 Å². The van der Waals surface area contributed by atoms with Crippen LogP contribution in [-0.2, 0) is 0 Å². The molecule has 25 heavy (non-hydrogen) atoms. The number of carboxylic acid groups (broad SMARTS) is 1. The maximum absolute atomic E-state index is 11.1.